The van der Waals surface area contributed by atoms with Gasteiger partial charge in [-0.1, -0.05) is 33.6 Å². The summed E-state index contributed by atoms with van der Waals surface area (Å²) >= 11 is 10.8. The molecule has 0 spiro atoms. The Labute approximate surface area is 112 Å². The number of nitrogens with zero attached hydrogens (tertiary/aromatic N) is 1. The minimum absolute atomic E-state index is 0.703. The predicted molar refractivity (Wildman–Crippen MR) is 73.3 cm³/mol. The molecule has 0 aliphatic rings. The highest BCUT2D eigenvalue weighted by Crippen LogP contribution is 2.25. The lowest BCUT2D eigenvalue weighted by molar-refractivity contribution is 1.10. The Morgan fingerprint density at radius 3 is 3.00 bits per heavy atom. The smallest absolute Gasteiger partial charge is 0.113 e. The Kier molecular flexibility index (Phi) is 3.84. The standard InChI is InChI=1S/C11H10BrClN2S/c1-7-8(12)3-2-4-9(7)14-6-11-15-5-10(13)16-11/h2-5,14H,6H2,1H3. The molecule has 0 amide bonds. The summed E-state index contributed by atoms with van der Waals surface area (Å²) in [6, 6.07) is 6.09. The average Bonchev–Trinajstić information content (AvgIpc) is 2.67. The van der Waals surface area contributed by atoms with Crippen LogP contribution in [0.15, 0.2) is 28.9 Å². The van der Waals surface area contributed by atoms with Crippen molar-refractivity contribution in [3.63, 3.8) is 0 Å². The van der Waals surface area contributed by atoms with Gasteiger partial charge in [-0.25, -0.2) is 4.98 Å². The minimum atomic E-state index is 0.703. The summed E-state index contributed by atoms with van der Waals surface area (Å²) in [5.74, 6) is 0. The highest BCUT2D eigenvalue weighted by molar-refractivity contribution is 9.10. The van der Waals surface area contributed by atoms with Crippen molar-refractivity contribution in [2.24, 2.45) is 0 Å². The molecule has 0 atom stereocenters. The fraction of sp³-hybridized carbons (Fsp3) is 0.182. The zero-order chi connectivity index (χ0) is 11.5. The first-order valence-corrected chi connectivity index (χ1v) is 6.75. The molecule has 0 aliphatic heterocycles. The number of halogens is 2. The third-order valence-corrected chi connectivity index (χ3v) is 4.20. The number of aromatic nitrogens is 1. The molecular weight excluding hydrogens is 308 g/mol. The van der Waals surface area contributed by atoms with Crippen LogP contribution in [-0.2, 0) is 6.54 Å². The van der Waals surface area contributed by atoms with Crippen LogP contribution in [0, 0.1) is 6.92 Å². The van der Waals surface area contributed by atoms with Crippen molar-refractivity contribution in [1.82, 2.24) is 4.98 Å². The van der Waals surface area contributed by atoms with E-state index in [1.54, 1.807) is 6.20 Å². The number of hydrogen-bond donors (Lipinski definition) is 1. The highest BCUT2D eigenvalue weighted by Gasteiger charge is 2.03. The lowest BCUT2D eigenvalue weighted by atomic mass is 10.2. The first kappa shape index (κ1) is 11.9. The molecule has 2 rings (SSSR count). The van der Waals surface area contributed by atoms with Crippen molar-refractivity contribution < 1.29 is 0 Å². The maximum atomic E-state index is 5.82. The summed E-state index contributed by atoms with van der Waals surface area (Å²) in [6.07, 6.45) is 1.68. The molecule has 2 aromatic rings. The Bertz CT molecular complexity index is 498. The van der Waals surface area contributed by atoms with Crippen LogP contribution in [0.1, 0.15) is 10.6 Å². The molecule has 0 saturated heterocycles. The summed E-state index contributed by atoms with van der Waals surface area (Å²) in [6.45, 7) is 2.77. The third kappa shape index (κ3) is 2.75. The van der Waals surface area contributed by atoms with Gasteiger partial charge < -0.3 is 5.32 Å². The van der Waals surface area contributed by atoms with Gasteiger partial charge in [0.2, 0.25) is 0 Å². The van der Waals surface area contributed by atoms with Crippen molar-refractivity contribution in [1.29, 1.82) is 0 Å². The van der Waals surface area contributed by atoms with E-state index in [2.05, 4.69) is 39.2 Å². The summed E-state index contributed by atoms with van der Waals surface area (Å²) in [4.78, 5) is 4.20. The molecule has 0 unspecified atom stereocenters. The number of nitrogens with one attached hydrogen (secondary N) is 1. The second-order valence-electron chi connectivity index (χ2n) is 3.32. The van der Waals surface area contributed by atoms with Gasteiger partial charge in [0.15, 0.2) is 0 Å². The van der Waals surface area contributed by atoms with Gasteiger partial charge in [-0.05, 0) is 24.6 Å². The summed E-state index contributed by atoms with van der Waals surface area (Å²) in [7, 11) is 0. The zero-order valence-electron chi connectivity index (χ0n) is 8.63. The van der Waals surface area contributed by atoms with Crippen molar-refractivity contribution >= 4 is 44.6 Å². The van der Waals surface area contributed by atoms with Crippen LogP contribution in [0.2, 0.25) is 4.34 Å². The fourth-order valence-corrected chi connectivity index (χ4v) is 2.60. The van der Waals surface area contributed by atoms with E-state index in [4.69, 9.17) is 11.6 Å². The molecule has 1 N–H and O–H groups in total. The molecule has 1 aromatic heterocycles. The van der Waals surface area contributed by atoms with Gasteiger partial charge in [0.25, 0.3) is 0 Å². The Balaban J connectivity index is 2.07. The second kappa shape index (κ2) is 5.17. The summed E-state index contributed by atoms with van der Waals surface area (Å²) in [5.41, 5.74) is 2.31. The van der Waals surface area contributed by atoms with Crippen LogP contribution in [-0.4, -0.2) is 4.98 Å². The molecule has 0 radical (unpaired) electrons. The molecule has 0 aliphatic carbocycles. The van der Waals surface area contributed by atoms with E-state index in [1.165, 1.54) is 16.9 Å². The molecule has 1 heterocycles. The van der Waals surface area contributed by atoms with Gasteiger partial charge in [-0.2, -0.15) is 0 Å². The largest absolute Gasteiger partial charge is 0.378 e. The summed E-state index contributed by atoms with van der Waals surface area (Å²) < 4.78 is 1.83. The van der Waals surface area contributed by atoms with Gasteiger partial charge >= 0.3 is 0 Å². The van der Waals surface area contributed by atoms with Crippen LogP contribution in [0.3, 0.4) is 0 Å². The van der Waals surface area contributed by atoms with Crippen LogP contribution in [0.25, 0.3) is 0 Å². The number of thiazole rings is 1. The highest BCUT2D eigenvalue weighted by atomic mass is 79.9. The molecule has 0 saturated carbocycles. The van der Waals surface area contributed by atoms with E-state index in [0.29, 0.717) is 6.54 Å². The number of hydrogen-bond acceptors (Lipinski definition) is 3. The molecule has 0 fully saturated rings. The first-order chi connectivity index (χ1) is 7.66. The van der Waals surface area contributed by atoms with Crippen LogP contribution in [0.4, 0.5) is 5.69 Å². The van der Waals surface area contributed by atoms with E-state index in [0.717, 1.165) is 19.5 Å². The van der Waals surface area contributed by atoms with Crippen molar-refractivity contribution in [2.45, 2.75) is 13.5 Å². The van der Waals surface area contributed by atoms with Gasteiger partial charge in [0.1, 0.15) is 9.34 Å². The second-order valence-corrected chi connectivity index (χ2v) is 5.92. The first-order valence-electron chi connectivity index (χ1n) is 4.76. The van der Waals surface area contributed by atoms with E-state index >= 15 is 0 Å². The van der Waals surface area contributed by atoms with Crippen molar-refractivity contribution in [2.75, 3.05) is 5.32 Å². The average molecular weight is 318 g/mol. The quantitative estimate of drug-likeness (QED) is 0.903. The molecule has 0 bridgehead atoms. The van der Waals surface area contributed by atoms with Crippen molar-refractivity contribution in [3.8, 4) is 0 Å². The van der Waals surface area contributed by atoms with E-state index in [-0.39, 0.29) is 0 Å². The van der Waals surface area contributed by atoms with E-state index in [9.17, 15) is 0 Å². The molecule has 16 heavy (non-hydrogen) atoms. The van der Waals surface area contributed by atoms with Crippen LogP contribution in [0.5, 0.6) is 0 Å². The minimum Gasteiger partial charge on any atom is -0.378 e. The van der Waals surface area contributed by atoms with Crippen LogP contribution >= 0.6 is 38.9 Å². The Morgan fingerprint density at radius 2 is 2.31 bits per heavy atom. The van der Waals surface area contributed by atoms with Gasteiger partial charge in [0, 0.05) is 10.2 Å². The topological polar surface area (TPSA) is 24.9 Å². The van der Waals surface area contributed by atoms with E-state index in [1.807, 2.05) is 12.1 Å². The third-order valence-electron chi connectivity index (χ3n) is 2.22. The van der Waals surface area contributed by atoms with Gasteiger partial charge in [-0.3, -0.25) is 0 Å². The number of benzene rings is 1. The molecule has 1 aromatic carbocycles. The zero-order valence-corrected chi connectivity index (χ0v) is 11.8. The lowest BCUT2D eigenvalue weighted by Gasteiger charge is -2.08. The predicted octanol–water partition coefficient (Wildman–Crippen LogP) is 4.48. The molecular formula is C11H10BrClN2S. The number of anilines is 1. The molecule has 5 heteroatoms. The van der Waals surface area contributed by atoms with Crippen molar-refractivity contribution in [3.05, 3.63) is 43.8 Å². The molecule has 2 nitrogen and oxygen atoms in total. The lowest BCUT2D eigenvalue weighted by Crippen LogP contribution is -2.00. The monoisotopic (exact) mass is 316 g/mol. The maximum absolute atomic E-state index is 5.82. The molecule has 84 valence electrons. The normalized spacial score (nSPS) is 10.4. The van der Waals surface area contributed by atoms with Crippen LogP contribution < -0.4 is 5.32 Å². The Hall–Kier alpha value is -0.580. The maximum Gasteiger partial charge on any atom is 0.113 e. The van der Waals surface area contributed by atoms with Gasteiger partial charge in [-0.15, -0.1) is 11.3 Å². The SMILES string of the molecule is Cc1c(Br)cccc1NCc1ncc(Cl)s1. The summed E-state index contributed by atoms with van der Waals surface area (Å²) in [5, 5.41) is 4.33. The van der Waals surface area contributed by atoms with Gasteiger partial charge in [0.05, 0.1) is 12.7 Å². The van der Waals surface area contributed by atoms with E-state index < -0.39 is 0 Å². The number of rotatable bonds is 3. The Morgan fingerprint density at radius 1 is 1.50 bits per heavy atom. The fourth-order valence-electron chi connectivity index (χ4n) is 1.34.